The van der Waals surface area contributed by atoms with Crippen molar-refractivity contribution in [3.05, 3.63) is 29.6 Å². The van der Waals surface area contributed by atoms with E-state index in [0.29, 0.717) is 5.69 Å². The Morgan fingerprint density at radius 1 is 1.57 bits per heavy atom. The number of nitrogens with two attached hydrogens (primary N) is 1. The van der Waals surface area contributed by atoms with Crippen molar-refractivity contribution < 1.29 is 0 Å². The third-order valence-corrected chi connectivity index (χ3v) is 2.61. The fourth-order valence-corrected chi connectivity index (χ4v) is 1.54. The molecule has 2 N–H and O–H groups in total. The van der Waals surface area contributed by atoms with Gasteiger partial charge < -0.3 is 5.73 Å². The normalized spacial score (nSPS) is 17.4. The van der Waals surface area contributed by atoms with E-state index in [1.807, 2.05) is 12.1 Å². The van der Waals surface area contributed by atoms with Crippen LogP contribution >= 0.6 is 0 Å². The Labute approximate surface area is 83.6 Å². The number of pyridine rings is 1. The molecule has 14 heavy (non-hydrogen) atoms. The Bertz CT molecular complexity index is 346. The molecule has 0 aromatic carbocycles. The molecule has 0 saturated heterocycles. The molecule has 0 radical (unpaired) electrons. The van der Waals surface area contributed by atoms with Crippen molar-refractivity contribution in [3.63, 3.8) is 0 Å². The monoisotopic (exact) mass is 187 g/mol. The van der Waals surface area contributed by atoms with E-state index >= 15 is 0 Å². The Balaban J connectivity index is 2.04. The molecule has 0 spiro atoms. The SMILES string of the molecule is N#Cc1ccc(C(N)CC2CC2)cn1. The van der Waals surface area contributed by atoms with Gasteiger partial charge in [0.1, 0.15) is 11.8 Å². The average Bonchev–Trinajstić information content (AvgIpc) is 3.02. The zero-order chi connectivity index (χ0) is 9.97. The van der Waals surface area contributed by atoms with Crippen LogP contribution in [0.3, 0.4) is 0 Å². The minimum Gasteiger partial charge on any atom is -0.324 e. The van der Waals surface area contributed by atoms with Crippen molar-refractivity contribution in [1.29, 1.82) is 5.26 Å². The zero-order valence-electron chi connectivity index (χ0n) is 7.98. The summed E-state index contributed by atoms with van der Waals surface area (Å²) in [5, 5.41) is 8.58. The zero-order valence-corrected chi connectivity index (χ0v) is 7.98. The topological polar surface area (TPSA) is 62.7 Å². The lowest BCUT2D eigenvalue weighted by molar-refractivity contribution is 0.595. The second kappa shape index (κ2) is 3.77. The summed E-state index contributed by atoms with van der Waals surface area (Å²) in [6.07, 6.45) is 5.40. The van der Waals surface area contributed by atoms with Crippen LogP contribution in [0.1, 0.15) is 36.6 Å². The molecule has 2 rings (SSSR count). The Morgan fingerprint density at radius 2 is 2.36 bits per heavy atom. The summed E-state index contributed by atoms with van der Waals surface area (Å²) in [5.74, 6) is 0.820. The molecule has 0 amide bonds. The summed E-state index contributed by atoms with van der Waals surface area (Å²) in [7, 11) is 0. The molecular formula is C11H13N3. The van der Waals surface area contributed by atoms with Gasteiger partial charge in [-0.2, -0.15) is 5.26 Å². The van der Waals surface area contributed by atoms with Gasteiger partial charge in [-0.25, -0.2) is 4.98 Å². The maximum Gasteiger partial charge on any atom is 0.140 e. The fourth-order valence-electron chi connectivity index (χ4n) is 1.54. The molecule has 3 nitrogen and oxygen atoms in total. The molecule has 1 aromatic rings. The molecule has 1 unspecified atom stereocenters. The number of aromatic nitrogens is 1. The van der Waals surface area contributed by atoms with Gasteiger partial charge in [0.05, 0.1) is 0 Å². The van der Waals surface area contributed by atoms with E-state index in [2.05, 4.69) is 4.98 Å². The van der Waals surface area contributed by atoms with Crippen LogP contribution in [0.2, 0.25) is 0 Å². The van der Waals surface area contributed by atoms with Gasteiger partial charge in [0, 0.05) is 12.2 Å². The van der Waals surface area contributed by atoms with Crippen molar-refractivity contribution in [2.75, 3.05) is 0 Å². The molecule has 1 atom stereocenters. The fraction of sp³-hybridized carbons (Fsp3) is 0.455. The van der Waals surface area contributed by atoms with E-state index in [-0.39, 0.29) is 6.04 Å². The van der Waals surface area contributed by atoms with Crippen LogP contribution in [0.25, 0.3) is 0 Å². The van der Waals surface area contributed by atoms with E-state index in [4.69, 9.17) is 11.0 Å². The van der Waals surface area contributed by atoms with Crippen molar-refractivity contribution in [1.82, 2.24) is 4.98 Å². The van der Waals surface area contributed by atoms with Crippen LogP contribution in [0.4, 0.5) is 0 Å². The maximum absolute atomic E-state index is 8.58. The first-order valence-electron chi connectivity index (χ1n) is 4.91. The van der Waals surface area contributed by atoms with Crippen LogP contribution in [0, 0.1) is 17.2 Å². The van der Waals surface area contributed by atoms with Gasteiger partial charge in [0.2, 0.25) is 0 Å². The molecule has 1 saturated carbocycles. The van der Waals surface area contributed by atoms with Gasteiger partial charge in [0.15, 0.2) is 0 Å². The molecule has 0 bridgehead atoms. The predicted molar refractivity (Wildman–Crippen MR) is 53.2 cm³/mol. The highest BCUT2D eigenvalue weighted by atomic mass is 14.7. The third kappa shape index (κ3) is 2.09. The largest absolute Gasteiger partial charge is 0.324 e. The van der Waals surface area contributed by atoms with E-state index in [9.17, 15) is 0 Å². The highest BCUT2D eigenvalue weighted by molar-refractivity contribution is 5.24. The molecule has 3 heteroatoms. The second-order valence-electron chi connectivity index (χ2n) is 3.87. The first-order chi connectivity index (χ1) is 6.79. The van der Waals surface area contributed by atoms with Crippen molar-refractivity contribution in [2.45, 2.75) is 25.3 Å². The summed E-state index contributed by atoms with van der Waals surface area (Å²) in [4.78, 5) is 4.00. The molecule has 1 aromatic heterocycles. The van der Waals surface area contributed by atoms with Crippen LogP contribution in [0.15, 0.2) is 18.3 Å². The lowest BCUT2D eigenvalue weighted by Gasteiger charge is -2.10. The van der Waals surface area contributed by atoms with Crippen LogP contribution < -0.4 is 5.73 Å². The van der Waals surface area contributed by atoms with Gasteiger partial charge in [-0.05, 0) is 24.0 Å². The van der Waals surface area contributed by atoms with Gasteiger partial charge in [-0.15, -0.1) is 0 Å². The average molecular weight is 187 g/mol. The standard InChI is InChI=1S/C11H13N3/c12-6-10-4-3-9(7-14-10)11(13)5-8-1-2-8/h3-4,7-8,11H,1-2,5,13H2. The van der Waals surface area contributed by atoms with Crippen LogP contribution in [-0.2, 0) is 0 Å². The van der Waals surface area contributed by atoms with Crippen molar-refractivity contribution in [3.8, 4) is 6.07 Å². The quantitative estimate of drug-likeness (QED) is 0.784. The Morgan fingerprint density at radius 3 is 2.86 bits per heavy atom. The Kier molecular flexibility index (Phi) is 2.47. The highest BCUT2D eigenvalue weighted by Gasteiger charge is 2.24. The minimum atomic E-state index is 0.0859. The van der Waals surface area contributed by atoms with Crippen molar-refractivity contribution in [2.24, 2.45) is 11.7 Å². The third-order valence-electron chi connectivity index (χ3n) is 2.61. The lowest BCUT2D eigenvalue weighted by atomic mass is 10.0. The summed E-state index contributed by atoms with van der Waals surface area (Å²) in [5.41, 5.74) is 7.49. The summed E-state index contributed by atoms with van der Waals surface area (Å²) >= 11 is 0. The minimum absolute atomic E-state index is 0.0859. The molecule has 1 aliphatic carbocycles. The number of hydrogen-bond donors (Lipinski definition) is 1. The predicted octanol–water partition coefficient (Wildman–Crippen LogP) is 1.75. The van der Waals surface area contributed by atoms with E-state index in [0.717, 1.165) is 17.9 Å². The molecule has 1 fully saturated rings. The van der Waals surface area contributed by atoms with Crippen LogP contribution in [-0.4, -0.2) is 4.98 Å². The first-order valence-corrected chi connectivity index (χ1v) is 4.91. The smallest absolute Gasteiger partial charge is 0.140 e. The van der Waals surface area contributed by atoms with Gasteiger partial charge in [0.25, 0.3) is 0 Å². The number of nitriles is 1. The van der Waals surface area contributed by atoms with Crippen molar-refractivity contribution >= 4 is 0 Å². The molecule has 1 heterocycles. The number of rotatable bonds is 3. The Hall–Kier alpha value is -1.40. The van der Waals surface area contributed by atoms with E-state index < -0.39 is 0 Å². The summed E-state index contributed by atoms with van der Waals surface area (Å²) in [6, 6.07) is 5.71. The summed E-state index contributed by atoms with van der Waals surface area (Å²) in [6.45, 7) is 0. The maximum atomic E-state index is 8.58. The molecular weight excluding hydrogens is 174 g/mol. The van der Waals surface area contributed by atoms with Gasteiger partial charge in [-0.3, -0.25) is 0 Å². The molecule has 1 aliphatic rings. The number of hydrogen-bond acceptors (Lipinski definition) is 3. The van der Waals surface area contributed by atoms with E-state index in [1.165, 1.54) is 12.8 Å². The highest BCUT2D eigenvalue weighted by Crippen LogP contribution is 2.36. The van der Waals surface area contributed by atoms with Gasteiger partial charge in [-0.1, -0.05) is 18.9 Å². The number of nitrogens with zero attached hydrogens (tertiary/aromatic N) is 2. The second-order valence-corrected chi connectivity index (χ2v) is 3.87. The molecule has 72 valence electrons. The molecule has 0 aliphatic heterocycles. The lowest BCUT2D eigenvalue weighted by Crippen LogP contribution is -2.11. The van der Waals surface area contributed by atoms with Crippen LogP contribution in [0.5, 0.6) is 0 Å². The summed E-state index contributed by atoms with van der Waals surface area (Å²) < 4.78 is 0. The first kappa shape index (κ1) is 9.17. The van der Waals surface area contributed by atoms with Gasteiger partial charge >= 0.3 is 0 Å². The van der Waals surface area contributed by atoms with E-state index in [1.54, 1.807) is 12.3 Å².